The van der Waals surface area contributed by atoms with Crippen LogP contribution >= 0.6 is 11.6 Å². The first-order valence-corrected chi connectivity index (χ1v) is 8.30. The molecule has 0 unspecified atom stereocenters. The van der Waals surface area contributed by atoms with E-state index in [2.05, 4.69) is 30.5 Å². The van der Waals surface area contributed by atoms with Gasteiger partial charge in [-0.3, -0.25) is 4.68 Å². The predicted molar refractivity (Wildman–Crippen MR) is 93.7 cm³/mol. The molecule has 1 aliphatic rings. The number of allylic oxidation sites excluding steroid dienone is 4. The van der Waals surface area contributed by atoms with Gasteiger partial charge in [0.2, 0.25) is 16.9 Å². The summed E-state index contributed by atoms with van der Waals surface area (Å²) in [6.07, 6.45) is 7.48. The number of hydrogen-bond donors (Lipinski definition) is 0. The smallest absolute Gasteiger partial charge is 0.240 e. The van der Waals surface area contributed by atoms with Gasteiger partial charge in [0.05, 0.1) is 0 Å². The maximum atomic E-state index is 5.90. The van der Waals surface area contributed by atoms with E-state index in [-0.39, 0.29) is 11.8 Å². The SMILES string of the molecule is Cn1cnc(COc2nn3c(-c4cc(Cl)on4)nnc3cc2C2=CC=C2)n1. The van der Waals surface area contributed by atoms with Crippen LogP contribution in [0, 0.1) is 0 Å². The molecule has 0 bridgehead atoms. The zero-order chi connectivity index (χ0) is 18.4. The van der Waals surface area contributed by atoms with Gasteiger partial charge in [0.25, 0.3) is 0 Å². The van der Waals surface area contributed by atoms with Crippen LogP contribution in [-0.4, -0.2) is 39.7 Å². The third kappa shape index (κ3) is 2.75. The van der Waals surface area contributed by atoms with E-state index in [1.807, 2.05) is 24.3 Å². The zero-order valence-corrected chi connectivity index (χ0v) is 14.7. The standard InChI is InChI=1S/C16H11ClN8O2/c1-24-8-18-13(21-24)7-26-16-10(9-3-2-4-9)5-14-19-20-15(25(14)22-16)11-6-12(17)27-23-11/h2-6,8H,7H2,1H3. The van der Waals surface area contributed by atoms with Crippen LogP contribution in [0.25, 0.3) is 22.7 Å². The fourth-order valence-corrected chi connectivity index (χ4v) is 2.74. The van der Waals surface area contributed by atoms with Crippen molar-refractivity contribution in [3.8, 4) is 17.4 Å². The first-order valence-electron chi connectivity index (χ1n) is 7.92. The molecule has 11 heteroatoms. The first-order chi connectivity index (χ1) is 13.2. The highest BCUT2D eigenvalue weighted by molar-refractivity contribution is 6.29. The minimum absolute atomic E-state index is 0.154. The van der Waals surface area contributed by atoms with Crippen LogP contribution in [0.5, 0.6) is 5.88 Å². The minimum Gasteiger partial charge on any atom is -0.468 e. The summed E-state index contributed by atoms with van der Waals surface area (Å²) in [5.74, 6) is 1.35. The number of aryl methyl sites for hydroxylation is 1. The van der Waals surface area contributed by atoms with Crippen molar-refractivity contribution in [1.82, 2.24) is 39.7 Å². The Kier molecular flexibility index (Phi) is 3.50. The van der Waals surface area contributed by atoms with Crippen LogP contribution in [0.15, 0.2) is 41.2 Å². The molecule has 134 valence electrons. The van der Waals surface area contributed by atoms with Crippen molar-refractivity contribution in [1.29, 1.82) is 0 Å². The molecule has 0 aliphatic heterocycles. The molecule has 4 aromatic rings. The van der Waals surface area contributed by atoms with Gasteiger partial charge in [0.15, 0.2) is 23.8 Å². The molecule has 0 radical (unpaired) electrons. The van der Waals surface area contributed by atoms with E-state index >= 15 is 0 Å². The van der Waals surface area contributed by atoms with Crippen LogP contribution < -0.4 is 4.74 Å². The molecule has 5 rings (SSSR count). The number of fused-ring (bicyclic) bond motifs is 1. The summed E-state index contributed by atoms with van der Waals surface area (Å²) in [5, 5.41) is 21.1. The van der Waals surface area contributed by atoms with Crippen molar-refractivity contribution < 1.29 is 9.26 Å². The molecule has 4 aromatic heterocycles. The highest BCUT2D eigenvalue weighted by Crippen LogP contribution is 2.31. The van der Waals surface area contributed by atoms with Crippen LogP contribution in [0.4, 0.5) is 0 Å². The normalized spacial score (nSPS) is 13.0. The topological polar surface area (TPSA) is 109 Å². The number of ether oxygens (including phenoxy) is 1. The van der Waals surface area contributed by atoms with Crippen LogP contribution in [0.3, 0.4) is 0 Å². The number of aromatic nitrogens is 8. The van der Waals surface area contributed by atoms with Crippen molar-refractivity contribution in [2.45, 2.75) is 6.61 Å². The second-order valence-electron chi connectivity index (χ2n) is 5.78. The molecule has 0 spiro atoms. The van der Waals surface area contributed by atoms with Crippen molar-refractivity contribution in [3.05, 3.63) is 53.3 Å². The lowest BCUT2D eigenvalue weighted by atomic mass is 10.0. The number of rotatable bonds is 5. The molecule has 10 nitrogen and oxygen atoms in total. The summed E-state index contributed by atoms with van der Waals surface area (Å²) in [5.41, 5.74) is 2.76. The van der Waals surface area contributed by atoms with Gasteiger partial charge in [-0.1, -0.05) is 23.4 Å². The molecule has 0 amide bonds. The van der Waals surface area contributed by atoms with Crippen LogP contribution in [0.1, 0.15) is 11.4 Å². The molecule has 0 N–H and O–H groups in total. The highest BCUT2D eigenvalue weighted by atomic mass is 35.5. The molecule has 0 aromatic carbocycles. The lowest BCUT2D eigenvalue weighted by molar-refractivity contribution is 0.278. The van der Waals surface area contributed by atoms with Gasteiger partial charge in [-0.15, -0.1) is 15.3 Å². The Morgan fingerprint density at radius 1 is 1.22 bits per heavy atom. The van der Waals surface area contributed by atoms with Gasteiger partial charge in [-0.25, -0.2) is 4.98 Å². The van der Waals surface area contributed by atoms with E-state index in [9.17, 15) is 0 Å². The van der Waals surface area contributed by atoms with Crippen molar-refractivity contribution in [3.63, 3.8) is 0 Å². The molecular weight excluding hydrogens is 372 g/mol. The maximum Gasteiger partial charge on any atom is 0.240 e. The maximum absolute atomic E-state index is 5.90. The Morgan fingerprint density at radius 2 is 2.11 bits per heavy atom. The molecule has 1 aliphatic carbocycles. The fraction of sp³-hybridized carbons (Fsp3) is 0.125. The average Bonchev–Trinajstić information content (AvgIpc) is 3.31. The molecule has 0 fully saturated rings. The van der Waals surface area contributed by atoms with Gasteiger partial charge in [0, 0.05) is 18.7 Å². The van der Waals surface area contributed by atoms with E-state index in [1.165, 1.54) is 4.52 Å². The van der Waals surface area contributed by atoms with E-state index in [0.717, 1.165) is 11.1 Å². The largest absolute Gasteiger partial charge is 0.468 e. The van der Waals surface area contributed by atoms with Crippen molar-refractivity contribution in [2.24, 2.45) is 7.05 Å². The van der Waals surface area contributed by atoms with Gasteiger partial charge >= 0.3 is 0 Å². The highest BCUT2D eigenvalue weighted by Gasteiger charge is 2.20. The third-order valence-corrected chi connectivity index (χ3v) is 4.10. The lowest BCUT2D eigenvalue weighted by Crippen LogP contribution is -2.07. The van der Waals surface area contributed by atoms with E-state index < -0.39 is 0 Å². The second-order valence-corrected chi connectivity index (χ2v) is 6.15. The molecule has 27 heavy (non-hydrogen) atoms. The monoisotopic (exact) mass is 382 g/mol. The minimum atomic E-state index is 0.154. The Bertz CT molecular complexity index is 1220. The predicted octanol–water partition coefficient (Wildman–Crippen LogP) is 2.09. The quantitative estimate of drug-likeness (QED) is 0.516. The number of hydrogen-bond acceptors (Lipinski definition) is 8. The number of nitrogens with zero attached hydrogens (tertiary/aromatic N) is 8. The fourth-order valence-electron chi connectivity index (χ4n) is 2.60. The van der Waals surface area contributed by atoms with E-state index in [0.29, 0.717) is 28.9 Å². The summed E-state index contributed by atoms with van der Waals surface area (Å²) in [7, 11) is 1.79. The third-order valence-electron chi connectivity index (χ3n) is 3.92. The summed E-state index contributed by atoms with van der Waals surface area (Å²) in [6, 6.07) is 3.39. The Hall–Kier alpha value is -3.53. The van der Waals surface area contributed by atoms with Crippen LogP contribution in [0.2, 0.25) is 5.22 Å². The Morgan fingerprint density at radius 3 is 2.78 bits per heavy atom. The Balaban J connectivity index is 1.57. The summed E-state index contributed by atoms with van der Waals surface area (Å²) in [4.78, 5) is 4.16. The van der Waals surface area contributed by atoms with Crippen molar-refractivity contribution in [2.75, 3.05) is 0 Å². The molecule has 0 atom stereocenters. The molecule has 0 saturated carbocycles. The van der Waals surface area contributed by atoms with Gasteiger partial charge in [-0.2, -0.15) is 9.61 Å². The average molecular weight is 383 g/mol. The van der Waals surface area contributed by atoms with Crippen molar-refractivity contribution >= 4 is 22.8 Å². The first kappa shape index (κ1) is 15.7. The lowest BCUT2D eigenvalue weighted by Gasteiger charge is -2.13. The van der Waals surface area contributed by atoms with Gasteiger partial charge in [0.1, 0.15) is 6.33 Å². The van der Waals surface area contributed by atoms with Crippen LogP contribution in [-0.2, 0) is 13.7 Å². The van der Waals surface area contributed by atoms with Gasteiger partial charge < -0.3 is 9.26 Å². The summed E-state index contributed by atoms with van der Waals surface area (Å²) < 4.78 is 13.9. The number of halogens is 1. The zero-order valence-electron chi connectivity index (χ0n) is 13.9. The van der Waals surface area contributed by atoms with E-state index in [4.69, 9.17) is 20.9 Å². The second kappa shape index (κ2) is 6.02. The molecular formula is C16H11ClN8O2. The van der Waals surface area contributed by atoms with Gasteiger partial charge in [-0.05, 0) is 23.2 Å². The molecule has 4 heterocycles. The molecule has 0 saturated heterocycles. The summed E-state index contributed by atoms with van der Waals surface area (Å²) in [6.45, 7) is 0.177. The van der Waals surface area contributed by atoms with E-state index in [1.54, 1.807) is 24.1 Å². The summed E-state index contributed by atoms with van der Waals surface area (Å²) >= 11 is 5.81. The Labute approximate surface area is 156 Å².